The van der Waals surface area contributed by atoms with Gasteiger partial charge in [-0.3, -0.25) is 9.59 Å². The lowest BCUT2D eigenvalue weighted by atomic mass is 9.77. The normalized spacial score (nSPS) is 25.7. The Balaban J connectivity index is 1.75. The highest BCUT2D eigenvalue weighted by Gasteiger charge is 2.51. The third kappa shape index (κ3) is 5.67. The number of methoxy groups -OCH3 is 1. The summed E-state index contributed by atoms with van der Waals surface area (Å²) < 4.78 is 22.7. The van der Waals surface area contributed by atoms with E-state index < -0.39 is 30.1 Å². The molecule has 0 bridgehead atoms. The topological polar surface area (TPSA) is 147 Å². The van der Waals surface area contributed by atoms with Gasteiger partial charge in [-0.25, -0.2) is 0 Å². The van der Waals surface area contributed by atoms with E-state index in [2.05, 4.69) is 5.32 Å². The largest absolute Gasteiger partial charge is 0.493 e. The second-order valence-electron chi connectivity index (χ2n) is 9.66. The van der Waals surface area contributed by atoms with Crippen LogP contribution < -0.4 is 14.8 Å². The lowest BCUT2D eigenvalue weighted by molar-refractivity contribution is -0.141. The zero-order valence-electron chi connectivity index (χ0n) is 21.9. The highest BCUT2D eigenvalue weighted by atomic mass is 16.5. The van der Waals surface area contributed by atoms with Gasteiger partial charge in [0.1, 0.15) is 12.2 Å². The fraction of sp³-hybridized carbons (Fsp3) is 0.630. The Bertz CT molecular complexity index is 1020. The molecule has 38 heavy (non-hydrogen) atoms. The number of carbonyl (C=O) groups excluding carboxylic acids is 2. The SMILES string of the molecule is CCOCCCN(C(=O)C1CCOC1)[C@@H]1C=C(C(=O)NCCO)[C@@H]2c3cc(CO)cc(OC)c3O[C@@H]2[C@H]1O. The van der Waals surface area contributed by atoms with Crippen LogP contribution in [0.1, 0.15) is 36.8 Å². The Morgan fingerprint density at radius 2 is 2.08 bits per heavy atom. The second kappa shape index (κ2) is 12.9. The number of carbonyl (C=O) groups is 2. The number of hydrogen-bond donors (Lipinski definition) is 4. The van der Waals surface area contributed by atoms with E-state index in [1.54, 1.807) is 23.1 Å². The quantitative estimate of drug-likeness (QED) is 0.274. The van der Waals surface area contributed by atoms with Crippen LogP contribution in [0.15, 0.2) is 23.8 Å². The van der Waals surface area contributed by atoms with Crippen LogP contribution in [-0.2, 0) is 25.7 Å². The number of nitrogens with one attached hydrogen (secondary N) is 1. The zero-order valence-corrected chi connectivity index (χ0v) is 21.9. The molecule has 1 aromatic carbocycles. The molecule has 1 aromatic rings. The summed E-state index contributed by atoms with van der Waals surface area (Å²) in [5.74, 6) is -0.803. The molecule has 1 aliphatic carbocycles. The van der Waals surface area contributed by atoms with Crippen molar-refractivity contribution < 1.29 is 43.9 Å². The highest BCUT2D eigenvalue weighted by Crippen LogP contribution is 2.51. The second-order valence-corrected chi connectivity index (χ2v) is 9.66. The first-order valence-electron chi connectivity index (χ1n) is 13.2. The van der Waals surface area contributed by atoms with E-state index in [1.165, 1.54) is 7.11 Å². The summed E-state index contributed by atoms with van der Waals surface area (Å²) in [6.07, 6.45) is 0.761. The lowest BCUT2D eigenvalue weighted by Gasteiger charge is -2.41. The van der Waals surface area contributed by atoms with Gasteiger partial charge in [-0.05, 0) is 43.5 Å². The van der Waals surface area contributed by atoms with E-state index in [0.717, 1.165) is 0 Å². The van der Waals surface area contributed by atoms with Gasteiger partial charge < -0.3 is 44.5 Å². The molecule has 11 nitrogen and oxygen atoms in total. The number of ether oxygens (including phenoxy) is 4. The average molecular weight is 535 g/mol. The van der Waals surface area contributed by atoms with Crippen LogP contribution in [0.3, 0.4) is 0 Å². The summed E-state index contributed by atoms with van der Waals surface area (Å²) in [4.78, 5) is 28.6. The molecule has 1 unspecified atom stereocenters. The molecular weight excluding hydrogens is 496 g/mol. The highest BCUT2D eigenvalue weighted by molar-refractivity contribution is 5.96. The summed E-state index contributed by atoms with van der Waals surface area (Å²) in [5.41, 5.74) is 1.50. The van der Waals surface area contributed by atoms with Crippen LogP contribution in [0.2, 0.25) is 0 Å². The Kier molecular flexibility index (Phi) is 9.61. The number of rotatable bonds is 12. The summed E-state index contributed by atoms with van der Waals surface area (Å²) in [7, 11) is 1.48. The van der Waals surface area contributed by atoms with Crippen LogP contribution in [-0.4, -0.2) is 104 Å². The maximum Gasteiger partial charge on any atom is 0.247 e. The van der Waals surface area contributed by atoms with Crippen LogP contribution in [0.4, 0.5) is 0 Å². The van der Waals surface area contributed by atoms with Crippen LogP contribution in [0.5, 0.6) is 11.5 Å². The van der Waals surface area contributed by atoms with E-state index in [4.69, 9.17) is 18.9 Å². The van der Waals surface area contributed by atoms with Gasteiger partial charge in [-0.2, -0.15) is 0 Å². The number of benzene rings is 1. The molecule has 210 valence electrons. The maximum atomic E-state index is 13.6. The molecule has 5 atom stereocenters. The van der Waals surface area contributed by atoms with Crippen molar-refractivity contribution in [3.05, 3.63) is 34.9 Å². The standard InChI is InChI=1S/C27H38N2O9/c1-3-36-9-4-7-29(27(34)17-5-10-37-15-17)20-13-19(26(33)28-6-8-30)22-18-11-16(14-31)12-21(35-2)24(18)38-25(22)23(20)32/h11-13,17,20,22-23,25,30-32H,3-10,14-15H2,1-2H3,(H,28,33)/t17?,20-,22+,23+,25+/m1/s1. The van der Waals surface area contributed by atoms with Crippen LogP contribution in [0.25, 0.3) is 0 Å². The minimum Gasteiger partial charge on any atom is -0.493 e. The zero-order chi connectivity index (χ0) is 27.2. The van der Waals surface area contributed by atoms with Gasteiger partial charge in [-0.15, -0.1) is 0 Å². The molecule has 11 heteroatoms. The van der Waals surface area contributed by atoms with Crippen molar-refractivity contribution in [2.24, 2.45) is 5.92 Å². The third-order valence-corrected chi connectivity index (χ3v) is 7.31. The van der Waals surface area contributed by atoms with Crippen molar-refractivity contribution in [3.8, 4) is 11.5 Å². The van der Waals surface area contributed by atoms with Gasteiger partial charge in [-0.1, -0.05) is 0 Å². The number of amides is 2. The number of aliphatic hydroxyl groups excluding tert-OH is 3. The number of nitrogens with zero attached hydrogens (tertiary/aromatic N) is 1. The molecule has 0 radical (unpaired) electrons. The summed E-state index contributed by atoms with van der Waals surface area (Å²) in [5, 5.41) is 33.4. The van der Waals surface area contributed by atoms with Gasteiger partial charge in [0.25, 0.3) is 0 Å². The van der Waals surface area contributed by atoms with E-state index in [9.17, 15) is 24.9 Å². The molecule has 1 fully saturated rings. The van der Waals surface area contributed by atoms with Crippen molar-refractivity contribution in [1.29, 1.82) is 0 Å². The first kappa shape index (κ1) is 28.3. The van der Waals surface area contributed by atoms with Crippen molar-refractivity contribution in [1.82, 2.24) is 10.2 Å². The Labute approximate surface area is 222 Å². The molecule has 0 saturated carbocycles. The number of hydrogen-bond acceptors (Lipinski definition) is 9. The average Bonchev–Trinajstić information content (AvgIpc) is 3.61. The molecule has 0 aromatic heterocycles. The van der Waals surface area contributed by atoms with E-state index in [-0.39, 0.29) is 31.6 Å². The van der Waals surface area contributed by atoms with Gasteiger partial charge in [0.2, 0.25) is 11.8 Å². The van der Waals surface area contributed by atoms with Crippen molar-refractivity contribution in [3.63, 3.8) is 0 Å². The molecule has 3 aliphatic rings. The maximum absolute atomic E-state index is 13.6. The van der Waals surface area contributed by atoms with E-state index in [1.807, 2.05) is 6.92 Å². The Hall–Kier alpha value is -2.70. The monoisotopic (exact) mass is 534 g/mol. The molecule has 4 rings (SSSR count). The first-order chi connectivity index (χ1) is 18.4. The molecule has 1 saturated heterocycles. The van der Waals surface area contributed by atoms with Crippen LogP contribution in [0, 0.1) is 5.92 Å². The molecule has 2 aliphatic heterocycles. The van der Waals surface area contributed by atoms with E-state index in [0.29, 0.717) is 74.0 Å². The first-order valence-corrected chi connectivity index (χ1v) is 13.2. The smallest absolute Gasteiger partial charge is 0.247 e. The van der Waals surface area contributed by atoms with Crippen molar-refractivity contribution >= 4 is 11.8 Å². The van der Waals surface area contributed by atoms with Gasteiger partial charge in [0, 0.05) is 44.0 Å². The van der Waals surface area contributed by atoms with Crippen molar-refractivity contribution in [2.45, 2.75) is 50.5 Å². The summed E-state index contributed by atoms with van der Waals surface area (Å²) >= 11 is 0. The number of fused-ring (bicyclic) bond motifs is 3. The summed E-state index contributed by atoms with van der Waals surface area (Å²) in [6, 6.07) is 2.56. The molecule has 2 heterocycles. The minimum atomic E-state index is -1.15. The van der Waals surface area contributed by atoms with Gasteiger partial charge in [0.05, 0.1) is 44.8 Å². The third-order valence-electron chi connectivity index (χ3n) is 7.31. The Morgan fingerprint density at radius 3 is 2.74 bits per heavy atom. The predicted octanol–water partition coefficient (Wildman–Crippen LogP) is 0.102. The fourth-order valence-electron chi connectivity index (χ4n) is 5.47. The number of aliphatic hydroxyl groups is 3. The summed E-state index contributed by atoms with van der Waals surface area (Å²) in [6.45, 7) is 3.60. The fourth-order valence-corrected chi connectivity index (χ4v) is 5.47. The molecule has 4 N–H and O–H groups in total. The predicted molar refractivity (Wildman–Crippen MR) is 136 cm³/mol. The lowest BCUT2D eigenvalue weighted by Crippen LogP contribution is -2.57. The van der Waals surface area contributed by atoms with Crippen LogP contribution >= 0.6 is 0 Å². The molecule has 0 spiro atoms. The molecular formula is C27H38N2O9. The molecule has 2 amide bonds. The van der Waals surface area contributed by atoms with Crippen molar-refractivity contribution in [2.75, 3.05) is 53.2 Å². The van der Waals surface area contributed by atoms with Gasteiger partial charge >= 0.3 is 0 Å². The Morgan fingerprint density at radius 1 is 1.26 bits per heavy atom. The van der Waals surface area contributed by atoms with E-state index >= 15 is 0 Å². The van der Waals surface area contributed by atoms with Gasteiger partial charge in [0.15, 0.2) is 11.5 Å². The minimum absolute atomic E-state index is 0.0465.